The Morgan fingerprint density at radius 1 is 1.37 bits per heavy atom. The normalized spacial score (nSPS) is 23.5. The molecule has 1 saturated carbocycles. The van der Waals surface area contributed by atoms with E-state index in [-0.39, 0.29) is 0 Å². The molecule has 0 bridgehead atoms. The summed E-state index contributed by atoms with van der Waals surface area (Å²) in [4.78, 5) is 11.4. The highest BCUT2D eigenvalue weighted by Gasteiger charge is 2.23. The van der Waals surface area contributed by atoms with Gasteiger partial charge in [-0.3, -0.25) is 0 Å². The number of hydrogen-bond donors (Lipinski definition) is 2. The van der Waals surface area contributed by atoms with Crippen molar-refractivity contribution in [3.05, 3.63) is 11.9 Å². The SMILES string of the molecule is Cc1nc(NC2CC2)cc(N2CCCC(CN)C2)n1. The molecular weight excluding hydrogens is 238 g/mol. The zero-order valence-corrected chi connectivity index (χ0v) is 11.6. The lowest BCUT2D eigenvalue weighted by atomic mass is 9.98. The van der Waals surface area contributed by atoms with Crippen LogP contribution in [-0.2, 0) is 0 Å². The summed E-state index contributed by atoms with van der Waals surface area (Å²) in [5.41, 5.74) is 5.81. The highest BCUT2D eigenvalue weighted by Crippen LogP contribution is 2.27. The average Bonchev–Trinajstić information content (AvgIpc) is 3.22. The molecule has 1 atom stereocenters. The van der Waals surface area contributed by atoms with Crippen molar-refractivity contribution >= 4 is 11.6 Å². The van der Waals surface area contributed by atoms with Crippen LogP contribution in [0.2, 0.25) is 0 Å². The minimum absolute atomic E-state index is 0.601. The van der Waals surface area contributed by atoms with Crippen LogP contribution in [0.1, 0.15) is 31.5 Å². The van der Waals surface area contributed by atoms with Gasteiger partial charge in [0, 0.05) is 25.2 Å². The minimum Gasteiger partial charge on any atom is -0.367 e. The molecule has 5 heteroatoms. The third-order valence-corrected chi connectivity index (χ3v) is 3.93. The summed E-state index contributed by atoms with van der Waals surface area (Å²) in [5, 5.41) is 3.46. The first-order valence-electron chi connectivity index (χ1n) is 7.32. The summed E-state index contributed by atoms with van der Waals surface area (Å²) >= 11 is 0. The molecule has 2 fully saturated rings. The molecule has 3 N–H and O–H groups in total. The maximum atomic E-state index is 5.81. The van der Waals surface area contributed by atoms with Crippen LogP contribution in [0.25, 0.3) is 0 Å². The molecule has 2 heterocycles. The van der Waals surface area contributed by atoms with Crippen molar-refractivity contribution in [2.45, 2.75) is 38.6 Å². The second-order valence-electron chi connectivity index (χ2n) is 5.77. The van der Waals surface area contributed by atoms with Crippen LogP contribution in [0.3, 0.4) is 0 Å². The summed E-state index contributed by atoms with van der Waals surface area (Å²) < 4.78 is 0. The molecular formula is C14H23N5. The lowest BCUT2D eigenvalue weighted by Crippen LogP contribution is -2.39. The van der Waals surface area contributed by atoms with Crippen molar-refractivity contribution in [2.75, 3.05) is 29.9 Å². The molecule has 5 nitrogen and oxygen atoms in total. The molecule has 1 saturated heterocycles. The van der Waals surface area contributed by atoms with Crippen molar-refractivity contribution in [3.63, 3.8) is 0 Å². The number of nitrogens with zero attached hydrogens (tertiary/aromatic N) is 3. The number of hydrogen-bond acceptors (Lipinski definition) is 5. The highest BCUT2D eigenvalue weighted by atomic mass is 15.2. The minimum atomic E-state index is 0.601. The van der Waals surface area contributed by atoms with E-state index in [1.165, 1.54) is 25.7 Å². The fraction of sp³-hybridized carbons (Fsp3) is 0.714. The third-order valence-electron chi connectivity index (χ3n) is 3.93. The topological polar surface area (TPSA) is 67.1 Å². The Kier molecular flexibility index (Phi) is 3.55. The molecule has 0 spiro atoms. The molecule has 1 aromatic rings. The molecule has 0 amide bonds. The number of aryl methyl sites for hydroxylation is 1. The largest absolute Gasteiger partial charge is 0.367 e. The van der Waals surface area contributed by atoms with E-state index in [1.54, 1.807) is 0 Å². The van der Waals surface area contributed by atoms with Crippen LogP contribution in [0.5, 0.6) is 0 Å². The maximum Gasteiger partial charge on any atom is 0.134 e. The van der Waals surface area contributed by atoms with E-state index in [1.807, 2.05) is 6.92 Å². The monoisotopic (exact) mass is 261 g/mol. The van der Waals surface area contributed by atoms with Crippen LogP contribution in [0, 0.1) is 12.8 Å². The standard InChI is InChI=1S/C14H23N5/c1-10-16-13(18-12-4-5-12)7-14(17-10)19-6-2-3-11(8-15)9-19/h7,11-12H,2-6,8-9,15H2,1H3,(H,16,17,18). The Morgan fingerprint density at radius 2 is 2.21 bits per heavy atom. The van der Waals surface area contributed by atoms with Gasteiger partial charge in [0.15, 0.2) is 0 Å². The van der Waals surface area contributed by atoms with Crippen molar-refractivity contribution < 1.29 is 0 Å². The van der Waals surface area contributed by atoms with Gasteiger partial charge in [-0.1, -0.05) is 0 Å². The molecule has 0 aromatic carbocycles. The van der Waals surface area contributed by atoms with Gasteiger partial charge in [0.25, 0.3) is 0 Å². The Hall–Kier alpha value is -1.36. The summed E-state index contributed by atoms with van der Waals surface area (Å²) in [6.45, 7) is 4.84. The number of nitrogens with one attached hydrogen (secondary N) is 1. The van der Waals surface area contributed by atoms with Crippen molar-refractivity contribution in [3.8, 4) is 0 Å². The van der Waals surface area contributed by atoms with Gasteiger partial charge < -0.3 is 16.0 Å². The van der Waals surface area contributed by atoms with E-state index in [0.717, 1.165) is 37.1 Å². The number of piperidine rings is 1. The zero-order valence-electron chi connectivity index (χ0n) is 11.6. The predicted octanol–water partition coefficient (Wildman–Crippen LogP) is 1.53. The van der Waals surface area contributed by atoms with E-state index < -0.39 is 0 Å². The summed E-state index contributed by atoms with van der Waals surface area (Å²) in [5.74, 6) is 3.47. The van der Waals surface area contributed by atoms with Gasteiger partial charge in [0.1, 0.15) is 17.5 Å². The molecule has 1 aliphatic carbocycles. The highest BCUT2D eigenvalue weighted by molar-refractivity contribution is 5.50. The maximum absolute atomic E-state index is 5.81. The first kappa shape index (κ1) is 12.7. The van der Waals surface area contributed by atoms with Gasteiger partial charge in [-0.25, -0.2) is 9.97 Å². The second kappa shape index (κ2) is 5.33. The van der Waals surface area contributed by atoms with E-state index in [2.05, 4.69) is 26.3 Å². The molecule has 19 heavy (non-hydrogen) atoms. The predicted molar refractivity (Wildman–Crippen MR) is 77.4 cm³/mol. The third kappa shape index (κ3) is 3.15. The van der Waals surface area contributed by atoms with Gasteiger partial charge in [0.05, 0.1) is 0 Å². The van der Waals surface area contributed by atoms with Crippen molar-refractivity contribution in [1.82, 2.24) is 9.97 Å². The fourth-order valence-corrected chi connectivity index (χ4v) is 2.69. The first-order chi connectivity index (χ1) is 9.24. The van der Waals surface area contributed by atoms with E-state index in [9.17, 15) is 0 Å². The van der Waals surface area contributed by atoms with Gasteiger partial charge in [-0.15, -0.1) is 0 Å². The van der Waals surface area contributed by atoms with Crippen LogP contribution < -0.4 is 16.0 Å². The van der Waals surface area contributed by atoms with E-state index in [4.69, 9.17) is 5.73 Å². The average molecular weight is 261 g/mol. The van der Waals surface area contributed by atoms with Crippen LogP contribution >= 0.6 is 0 Å². The quantitative estimate of drug-likeness (QED) is 0.860. The number of nitrogens with two attached hydrogens (primary N) is 1. The van der Waals surface area contributed by atoms with Crippen LogP contribution in [-0.4, -0.2) is 35.6 Å². The molecule has 1 aliphatic heterocycles. The van der Waals surface area contributed by atoms with Crippen molar-refractivity contribution in [1.29, 1.82) is 0 Å². The van der Waals surface area contributed by atoms with E-state index >= 15 is 0 Å². The molecule has 0 radical (unpaired) electrons. The number of anilines is 2. The summed E-state index contributed by atoms with van der Waals surface area (Å²) in [6, 6.07) is 2.71. The Bertz CT molecular complexity index is 443. The van der Waals surface area contributed by atoms with Gasteiger partial charge in [-0.2, -0.15) is 0 Å². The number of aromatic nitrogens is 2. The molecule has 1 unspecified atom stereocenters. The van der Waals surface area contributed by atoms with Gasteiger partial charge >= 0.3 is 0 Å². The Labute approximate surface area is 114 Å². The summed E-state index contributed by atoms with van der Waals surface area (Å²) in [7, 11) is 0. The van der Waals surface area contributed by atoms with Crippen LogP contribution in [0.4, 0.5) is 11.6 Å². The molecule has 3 rings (SSSR count). The number of rotatable bonds is 4. The fourth-order valence-electron chi connectivity index (χ4n) is 2.69. The lowest BCUT2D eigenvalue weighted by molar-refractivity contribution is 0.421. The van der Waals surface area contributed by atoms with Gasteiger partial charge in [0.2, 0.25) is 0 Å². The van der Waals surface area contributed by atoms with E-state index in [0.29, 0.717) is 12.0 Å². The molecule has 104 valence electrons. The second-order valence-corrected chi connectivity index (χ2v) is 5.77. The molecule has 1 aromatic heterocycles. The lowest BCUT2D eigenvalue weighted by Gasteiger charge is -2.33. The Morgan fingerprint density at radius 3 is 2.95 bits per heavy atom. The van der Waals surface area contributed by atoms with Crippen LogP contribution in [0.15, 0.2) is 6.07 Å². The molecule has 2 aliphatic rings. The van der Waals surface area contributed by atoms with Crippen molar-refractivity contribution in [2.24, 2.45) is 11.7 Å². The smallest absolute Gasteiger partial charge is 0.134 e. The summed E-state index contributed by atoms with van der Waals surface area (Å²) in [6.07, 6.45) is 4.97. The first-order valence-corrected chi connectivity index (χ1v) is 7.32. The zero-order chi connectivity index (χ0) is 13.2. The van der Waals surface area contributed by atoms with Gasteiger partial charge in [-0.05, 0) is 45.1 Å². The Balaban J connectivity index is 1.76.